The van der Waals surface area contributed by atoms with Crippen LogP contribution >= 0.6 is 11.3 Å². The Bertz CT molecular complexity index is 525. The molecule has 2 aromatic rings. The maximum atomic E-state index is 13.3. The monoisotopic (exact) mass is 279 g/mol. The number of hydrogen-bond acceptors (Lipinski definition) is 3. The van der Waals surface area contributed by atoms with Crippen LogP contribution in [0.5, 0.6) is 0 Å². The highest BCUT2D eigenvalue weighted by Gasteiger charge is 2.15. The summed E-state index contributed by atoms with van der Waals surface area (Å²) in [5.41, 5.74) is 1.53. The van der Waals surface area contributed by atoms with Crippen molar-refractivity contribution in [2.75, 3.05) is 11.4 Å². The zero-order chi connectivity index (χ0) is 13.8. The van der Waals surface area contributed by atoms with Crippen LogP contribution in [0.15, 0.2) is 35.7 Å². The molecule has 1 aromatic carbocycles. The van der Waals surface area contributed by atoms with E-state index in [9.17, 15) is 9.50 Å². The van der Waals surface area contributed by atoms with Crippen molar-refractivity contribution in [2.24, 2.45) is 0 Å². The molecule has 2 nitrogen and oxygen atoms in total. The first-order valence-electron chi connectivity index (χ1n) is 6.36. The van der Waals surface area contributed by atoms with Gasteiger partial charge in [-0.2, -0.15) is 0 Å². The lowest BCUT2D eigenvalue weighted by molar-refractivity contribution is 0.199. The number of aliphatic hydroxyl groups excluding tert-OH is 1. The lowest BCUT2D eigenvalue weighted by Gasteiger charge is -2.26. The number of nitrogens with zero attached hydrogens (tertiary/aromatic N) is 1. The lowest BCUT2D eigenvalue weighted by Crippen LogP contribution is -2.23. The van der Waals surface area contributed by atoms with Gasteiger partial charge in [-0.25, -0.2) is 4.39 Å². The fourth-order valence-electron chi connectivity index (χ4n) is 2.11. The number of hydrogen-bond donors (Lipinski definition) is 1. The summed E-state index contributed by atoms with van der Waals surface area (Å²) in [6.45, 7) is 5.31. The van der Waals surface area contributed by atoms with E-state index in [4.69, 9.17) is 0 Å². The van der Waals surface area contributed by atoms with E-state index in [0.29, 0.717) is 5.56 Å². The van der Waals surface area contributed by atoms with Gasteiger partial charge in [0.15, 0.2) is 0 Å². The van der Waals surface area contributed by atoms with Crippen molar-refractivity contribution >= 4 is 17.0 Å². The summed E-state index contributed by atoms with van der Waals surface area (Å²) < 4.78 is 13.3. The standard InChI is InChI=1S/C15H18FNOS/c1-3-17(10-13-5-4-8-19-13)15-7-6-12(16)9-14(15)11(2)18/h4-9,11,18H,3,10H2,1-2H3/t11-/m0/s1. The van der Waals surface area contributed by atoms with E-state index >= 15 is 0 Å². The lowest BCUT2D eigenvalue weighted by atomic mass is 10.1. The van der Waals surface area contributed by atoms with Gasteiger partial charge in [0.2, 0.25) is 0 Å². The van der Waals surface area contributed by atoms with Crippen LogP contribution in [0.2, 0.25) is 0 Å². The molecule has 0 unspecified atom stereocenters. The molecule has 2 rings (SSSR count). The zero-order valence-electron chi connectivity index (χ0n) is 11.1. The smallest absolute Gasteiger partial charge is 0.123 e. The Balaban J connectivity index is 2.32. The molecule has 0 spiro atoms. The second-order valence-corrected chi connectivity index (χ2v) is 5.50. The van der Waals surface area contributed by atoms with Gasteiger partial charge >= 0.3 is 0 Å². The molecule has 0 fully saturated rings. The van der Waals surface area contributed by atoms with Gasteiger partial charge in [-0.3, -0.25) is 0 Å². The van der Waals surface area contributed by atoms with E-state index in [1.165, 1.54) is 17.0 Å². The Morgan fingerprint density at radius 2 is 2.16 bits per heavy atom. The van der Waals surface area contributed by atoms with E-state index in [1.807, 2.05) is 11.4 Å². The average Bonchev–Trinajstić information content (AvgIpc) is 2.89. The third kappa shape index (κ3) is 3.33. The number of halogens is 1. The minimum Gasteiger partial charge on any atom is -0.389 e. The van der Waals surface area contributed by atoms with Crippen LogP contribution in [-0.4, -0.2) is 11.7 Å². The van der Waals surface area contributed by atoms with E-state index in [-0.39, 0.29) is 5.82 Å². The Kier molecular flexibility index (Phi) is 4.56. The van der Waals surface area contributed by atoms with Crippen LogP contribution in [0.3, 0.4) is 0 Å². The Labute approximate surface area is 117 Å². The second kappa shape index (κ2) is 6.17. The van der Waals surface area contributed by atoms with E-state index in [1.54, 1.807) is 24.3 Å². The van der Waals surface area contributed by atoms with Crippen LogP contribution in [0.25, 0.3) is 0 Å². The van der Waals surface area contributed by atoms with Gasteiger partial charge in [-0.05, 0) is 43.5 Å². The van der Waals surface area contributed by atoms with Gasteiger partial charge in [0, 0.05) is 22.7 Å². The highest BCUT2D eigenvalue weighted by atomic mass is 32.1. The van der Waals surface area contributed by atoms with Gasteiger partial charge in [0.1, 0.15) is 5.82 Å². The van der Waals surface area contributed by atoms with Crippen LogP contribution in [0, 0.1) is 5.82 Å². The van der Waals surface area contributed by atoms with E-state index in [0.717, 1.165) is 18.8 Å². The normalized spacial score (nSPS) is 12.4. The first-order chi connectivity index (χ1) is 9.11. The minimum absolute atomic E-state index is 0.313. The molecule has 0 bridgehead atoms. The summed E-state index contributed by atoms with van der Waals surface area (Å²) >= 11 is 1.70. The van der Waals surface area contributed by atoms with Crippen molar-refractivity contribution in [3.05, 3.63) is 52.0 Å². The van der Waals surface area contributed by atoms with Gasteiger partial charge in [0.05, 0.1) is 12.6 Å². The van der Waals surface area contributed by atoms with Crippen LogP contribution in [-0.2, 0) is 6.54 Å². The predicted octanol–water partition coefficient (Wildman–Crippen LogP) is 3.97. The highest BCUT2D eigenvalue weighted by molar-refractivity contribution is 7.09. The molecule has 19 heavy (non-hydrogen) atoms. The molecule has 0 aliphatic heterocycles. The molecule has 0 saturated heterocycles. The molecule has 0 aliphatic rings. The molecule has 0 aliphatic carbocycles. The van der Waals surface area contributed by atoms with Gasteiger partial charge in [-0.15, -0.1) is 11.3 Å². The van der Waals surface area contributed by atoms with Crippen LogP contribution in [0.1, 0.15) is 30.4 Å². The van der Waals surface area contributed by atoms with Crippen molar-refractivity contribution in [2.45, 2.75) is 26.5 Å². The number of rotatable bonds is 5. The topological polar surface area (TPSA) is 23.5 Å². The highest BCUT2D eigenvalue weighted by Crippen LogP contribution is 2.29. The van der Waals surface area contributed by atoms with E-state index in [2.05, 4.69) is 17.9 Å². The third-order valence-corrected chi connectivity index (χ3v) is 3.95. The molecule has 1 atom stereocenters. The van der Waals surface area contributed by atoms with Gasteiger partial charge in [0.25, 0.3) is 0 Å². The fourth-order valence-corrected chi connectivity index (χ4v) is 2.83. The van der Waals surface area contributed by atoms with Crippen molar-refractivity contribution in [3.63, 3.8) is 0 Å². The molecule has 1 aromatic heterocycles. The molecule has 4 heteroatoms. The second-order valence-electron chi connectivity index (χ2n) is 4.47. The summed E-state index contributed by atoms with van der Waals surface area (Å²) in [4.78, 5) is 3.40. The summed E-state index contributed by atoms with van der Waals surface area (Å²) in [5.74, 6) is -0.313. The van der Waals surface area contributed by atoms with E-state index < -0.39 is 6.10 Å². The molecule has 0 radical (unpaired) electrons. The zero-order valence-corrected chi connectivity index (χ0v) is 12.0. The quantitative estimate of drug-likeness (QED) is 0.895. The van der Waals surface area contributed by atoms with Crippen molar-refractivity contribution < 1.29 is 9.50 Å². The molecule has 1 heterocycles. The van der Waals surface area contributed by atoms with Gasteiger partial charge < -0.3 is 10.0 Å². The summed E-state index contributed by atoms with van der Waals surface area (Å²) in [5, 5.41) is 11.9. The predicted molar refractivity (Wildman–Crippen MR) is 78.1 cm³/mol. The van der Waals surface area contributed by atoms with Crippen molar-refractivity contribution in [1.82, 2.24) is 0 Å². The van der Waals surface area contributed by atoms with Crippen molar-refractivity contribution in [1.29, 1.82) is 0 Å². The SMILES string of the molecule is CCN(Cc1cccs1)c1ccc(F)cc1[C@H](C)O. The van der Waals surface area contributed by atoms with Crippen molar-refractivity contribution in [3.8, 4) is 0 Å². The number of anilines is 1. The maximum Gasteiger partial charge on any atom is 0.123 e. The number of benzene rings is 1. The largest absolute Gasteiger partial charge is 0.389 e. The summed E-state index contributed by atoms with van der Waals surface area (Å²) in [6.07, 6.45) is -0.678. The minimum atomic E-state index is -0.678. The first kappa shape index (κ1) is 14.0. The van der Waals surface area contributed by atoms with Crippen LogP contribution in [0.4, 0.5) is 10.1 Å². The Morgan fingerprint density at radius 3 is 2.74 bits per heavy atom. The third-order valence-electron chi connectivity index (χ3n) is 3.09. The molecule has 0 amide bonds. The fraction of sp³-hybridized carbons (Fsp3) is 0.333. The van der Waals surface area contributed by atoms with Crippen LogP contribution < -0.4 is 4.90 Å². The average molecular weight is 279 g/mol. The summed E-state index contributed by atoms with van der Waals surface area (Å²) in [7, 11) is 0. The van der Waals surface area contributed by atoms with Gasteiger partial charge in [-0.1, -0.05) is 6.07 Å². The number of thiophene rings is 1. The molecule has 0 saturated carbocycles. The molecular weight excluding hydrogens is 261 g/mol. The Morgan fingerprint density at radius 1 is 1.37 bits per heavy atom. The molecule has 102 valence electrons. The maximum absolute atomic E-state index is 13.3. The molecule has 1 N–H and O–H groups in total. The Hall–Kier alpha value is -1.39. The first-order valence-corrected chi connectivity index (χ1v) is 7.24. The summed E-state index contributed by atoms with van der Waals surface area (Å²) in [6, 6.07) is 8.71. The number of aliphatic hydroxyl groups is 1. The molecular formula is C15H18FNOS.